The van der Waals surface area contributed by atoms with Gasteiger partial charge in [-0.05, 0) is 63.5 Å². The van der Waals surface area contributed by atoms with E-state index in [1.54, 1.807) is 30.6 Å². The van der Waals surface area contributed by atoms with E-state index < -0.39 is 18.3 Å². The number of H-pyrrole nitrogens is 2. The minimum absolute atomic E-state index is 0.240. The third-order valence-electron chi connectivity index (χ3n) is 7.36. The Morgan fingerprint density at radius 3 is 2.32 bits per heavy atom. The third kappa shape index (κ3) is 4.07. The molecule has 0 saturated carbocycles. The molecule has 3 N–H and O–H groups in total. The molecule has 4 heterocycles. The van der Waals surface area contributed by atoms with Crippen LogP contribution in [-0.4, -0.2) is 38.5 Å². The summed E-state index contributed by atoms with van der Waals surface area (Å²) in [6, 6.07) is 12.9. The standard InChI is InChI=1S/C27H24BCl2N5O3/c1-26(2)27(3,4)38-28(37-26)15-5-6-21-17(13-15)22-16(7-9-31-25(22)36)24(33-21)34-23-18(29)11-14(12-19(23)30)20-8-10-32-35-20/h5-13H,1-4H3,(H,31,36)(H,32,35)(H,33,34). The maximum absolute atomic E-state index is 13.1. The lowest BCUT2D eigenvalue weighted by atomic mass is 9.78. The van der Waals surface area contributed by atoms with Crippen molar-refractivity contribution in [3.63, 3.8) is 0 Å². The highest BCUT2D eigenvalue weighted by Crippen LogP contribution is 2.39. The highest BCUT2D eigenvalue weighted by Gasteiger charge is 2.51. The van der Waals surface area contributed by atoms with Crippen LogP contribution >= 0.6 is 23.2 Å². The number of aromatic amines is 2. The zero-order valence-corrected chi connectivity index (χ0v) is 22.7. The molecule has 3 aromatic heterocycles. The first-order valence-electron chi connectivity index (χ1n) is 12.1. The van der Waals surface area contributed by atoms with E-state index in [4.69, 9.17) is 37.5 Å². The van der Waals surface area contributed by atoms with Gasteiger partial charge in [-0.3, -0.25) is 9.89 Å². The quantitative estimate of drug-likeness (QED) is 0.193. The zero-order chi connectivity index (χ0) is 26.8. The molecular formula is C27H24BCl2N5O3. The maximum Gasteiger partial charge on any atom is 0.494 e. The minimum atomic E-state index is -0.564. The van der Waals surface area contributed by atoms with Crippen LogP contribution in [0.1, 0.15) is 27.7 Å². The van der Waals surface area contributed by atoms with Crippen molar-refractivity contribution in [1.29, 1.82) is 0 Å². The van der Waals surface area contributed by atoms with E-state index >= 15 is 0 Å². The zero-order valence-electron chi connectivity index (χ0n) is 21.1. The number of benzene rings is 2. The first kappa shape index (κ1) is 24.9. The summed E-state index contributed by atoms with van der Waals surface area (Å²) in [5, 5.41) is 12.7. The number of fused-ring (bicyclic) bond motifs is 3. The Bertz CT molecular complexity index is 1730. The van der Waals surface area contributed by atoms with Crippen molar-refractivity contribution in [2.24, 2.45) is 0 Å². The van der Waals surface area contributed by atoms with Gasteiger partial charge in [-0.1, -0.05) is 35.3 Å². The summed E-state index contributed by atoms with van der Waals surface area (Å²) in [6.07, 6.45) is 3.25. The molecule has 2 aromatic carbocycles. The molecule has 0 amide bonds. The van der Waals surface area contributed by atoms with E-state index in [-0.39, 0.29) is 5.56 Å². The number of pyridine rings is 2. The summed E-state index contributed by atoms with van der Waals surface area (Å²) in [5.41, 5.74) is 2.30. The highest BCUT2D eigenvalue weighted by atomic mass is 35.5. The van der Waals surface area contributed by atoms with Crippen molar-refractivity contribution in [2.75, 3.05) is 5.32 Å². The monoisotopic (exact) mass is 547 g/mol. The van der Waals surface area contributed by atoms with Gasteiger partial charge in [0.25, 0.3) is 5.56 Å². The van der Waals surface area contributed by atoms with E-state index in [1.807, 2.05) is 52.0 Å². The molecule has 0 unspecified atom stereocenters. The maximum atomic E-state index is 13.1. The van der Waals surface area contributed by atoms with Gasteiger partial charge < -0.3 is 19.6 Å². The van der Waals surface area contributed by atoms with Crippen LogP contribution in [0.15, 0.2) is 59.7 Å². The van der Waals surface area contributed by atoms with E-state index in [0.29, 0.717) is 43.2 Å². The van der Waals surface area contributed by atoms with Gasteiger partial charge in [0.05, 0.1) is 43.5 Å². The Morgan fingerprint density at radius 1 is 0.947 bits per heavy atom. The number of hydrogen-bond donors (Lipinski definition) is 3. The fraction of sp³-hybridized carbons (Fsp3) is 0.222. The molecule has 1 saturated heterocycles. The van der Waals surface area contributed by atoms with Crippen LogP contribution in [0.25, 0.3) is 32.9 Å². The average Bonchev–Trinajstić information content (AvgIpc) is 3.47. The van der Waals surface area contributed by atoms with E-state index in [0.717, 1.165) is 16.7 Å². The second-order valence-electron chi connectivity index (χ2n) is 10.3. The molecule has 0 aliphatic carbocycles. The van der Waals surface area contributed by atoms with Gasteiger partial charge in [0.15, 0.2) is 0 Å². The van der Waals surface area contributed by atoms with Crippen LogP contribution in [0, 0.1) is 0 Å². The SMILES string of the molecule is CC1(C)OB(c2ccc3nc(Nc4c(Cl)cc(-c5ccn[nH]5)cc4Cl)c4cc[nH]c(=O)c4c3c2)OC1(C)C. The number of halogens is 2. The Morgan fingerprint density at radius 2 is 1.66 bits per heavy atom. The van der Waals surface area contributed by atoms with E-state index in [2.05, 4.69) is 20.5 Å². The predicted molar refractivity (Wildman–Crippen MR) is 153 cm³/mol. The minimum Gasteiger partial charge on any atom is -0.399 e. The van der Waals surface area contributed by atoms with Crippen LogP contribution in [0.2, 0.25) is 10.0 Å². The molecule has 11 heteroatoms. The van der Waals surface area contributed by atoms with Crippen molar-refractivity contribution in [1.82, 2.24) is 20.2 Å². The van der Waals surface area contributed by atoms with Crippen LogP contribution in [0.5, 0.6) is 0 Å². The summed E-state index contributed by atoms with van der Waals surface area (Å²) in [4.78, 5) is 20.7. The fourth-order valence-electron chi connectivity index (χ4n) is 4.58. The Kier molecular flexibility index (Phi) is 5.81. The lowest BCUT2D eigenvalue weighted by molar-refractivity contribution is 0.00578. The Balaban J connectivity index is 1.46. The number of hydrogen-bond acceptors (Lipinski definition) is 6. The third-order valence-corrected chi connectivity index (χ3v) is 7.96. The fourth-order valence-corrected chi connectivity index (χ4v) is 5.16. The van der Waals surface area contributed by atoms with Gasteiger partial charge >= 0.3 is 7.12 Å². The second-order valence-corrected chi connectivity index (χ2v) is 11.1. The summed E-state index contributed by atoms with van der Waals surface area (Å²) in [5.74, 6) is 0.458. The van der Waals surface area contributed by atoms with Crippen LogP contribution < -0.4 is 16.3 Å². The average molecular weight is 548 g/mol. The first-order valence-corrected chi connectivity index (χ1v) is 12.9. The lowest BCUT2D eigenvalue weighted by Crippen LogP contribution is -2.41. The largest absolute Gasteiger partial charge is 0.494 e. The summed E-state index contributed by atoms with van der Waals surface area (Å²) in [7, 11) is -0.564. The van der Waals surface area contributed by atoms with Gasteiger partial charge in [0, 0.05) is 28.7 Å². The summed E-state index contributed by atoms with van der Waals surface area (Å²) < 4.78 is 12.5. The smallest absolute Gasteiger partial charge is 0.399 e. The lowest BCUT2D eigenvalue weighted by Gasteiger charge is -2.32. The molecule has 1 fully saturated rings. The van der Waals surface area contributed by atoms with Crippen molar-refractivity contribution in [2.45, 2.75) is 38.9 Å². The van der Waals surface area contributed by atoms with Crippen molar-refractivity contribution < 1.29 is 9.31 Å². The number of aromatic nitrogens is 4. The number of nitrogens with zero attached hydrogens (tertiary/aromatic N) is 2. The van der Waals surface area contributed by atoms with Crippen LogP contribution in [-0.2, 0) is 9.31 Å². The van der Waals surface area contributed by atoms with Crippen molar-refractivity contribution in [3.05, 3.63) is 75.3 Å². The molecule has 0 spiro atoms. The molecule has 8 nitrogen and oxygen atoms in total. The number of rotatable bonds is 4. The van der Waals surface area contributed by atoms with Crippen molar-refractivity contribution in [3.8, 4) is 11.3 Å². The van der Waals surface area contributed by atoms with Gasteiger partial charge in [-0.2, -0.15) is 5.10 Å². The molecule has 6 rings (SSSR count). The first-order chi connectivity index (χ1) is 18.0. The predicted octanol–water partition coefficient (Wildman–Crippen LogP) is 5.82. The van der Waals surface area contributed by atoms with Gasteiger partial charge in [-0.25, -0.2) is 4.98 Å². The Hall–Kier alpha value is -3.37. The normalized spacial score (nSPS) is 16.4. The molecule has 1 aliphatic rings. The van der Waals surface area contributed by atoms with Crippen molar-refractivity contribution >= 4 is 69.0 Å². The molecule has 38 heavy (non-hydrogen) atoms. The molecule has 0 atom stereocenters. The molecule has 192 valence electrons. The molecule has 0 radical (unpaired) electrons. The molecular weight excluding hydrogens is 524 g/mol. The second kappa shape index (κ2) is 8.85. The van der Waals surface area contributed by atoms with Crippen LogP contribution in [0.3, 0.4) is 0 Å². The molecule has 1 aliphatic heterocycles. The van der Waals surface area contributed by atoms with E-state index in [9.17, 15) is 4.79 Å². The summed E-state index contributed by atoms with van der Waals surface area (Å²) in [6.45, 7) is 8.02. The number of anilines is 2. The highest BCUT2D eigenvalue weighted by molar-refractivity contribution is 6.62. The molecule has 0 bridgehead atoms. The molecule has 5 aromatic rings. The topological polar surface area (TPSA) is 105 Å². The number of nitrogens with one attached hydrogen (secondary N) is 3. The van der Waals surface area contributed by atoms with Gasteiger partial charge in [-0.15, -0.1) is 0 Å². The van der Waals surface area contributed by atoms with Crippen LogP contribution in [0.4, 0.5) is 11.5 Å². The van der Waals surface area contributed by atoms with Gasteiger partial charge in [0.1, 0.15) is 5.82 Å². The van der Waals surface area contributed by atoms with Gasteiger partial charge in [0.2, 0.25) is 0 Å². The van der Waals surface area contributed by atoms with E-state index in [1.165, 1.54) is 0 Å². The Labute approximate surface area is 228 Å². The summed E-state index contributed by atoms with van der Waals surface area (Å²) >= 11 is 13.3.